The van der Waals surface area contributed by atoms with Crippen molar-refractivity contribution < 1.29 is 9.53 Å². The zero-order chi connectivity index (χ0) is 20.8. The summed E-state index contributed by atoms with van der Waals surface area (Å²) in [6.45, 7) is 8.93. The van der Waals surface area contributed by atoms with Crippen LogP contribution >= 0.6 is 11.8 Å². The Morgan fingerprint density at radius 2 is 1.86 bits per heavy atom. The van der Waals surface area contributed by atoms with E-state index in [1.54, 1.807) is 0 Å². The highest BCUT2D eigenvalue weighted by Gasteiger charge is 2.36. The van der Waals surface area contributed by atoms with E-state index in [0.29, 0.717) is 11.5 Å². The molecule has 5 heteroatoms. The van der Waals surface area contributed by atoms with Crippen LogP contribution in [0.2, 0.25) is 0 Å². The fraction of sp³-hybridized carbons (Fsp3) is 0.333. The molecule has 0 unspecified atom stereocenters. The Balaban J connectivity index is 1.96. The first kappa shape index (κ1) is 21.2. The molecule has 4 nitrogen and oxygen atoms in total. The monoisotopic (exact) mass is 408 g/mol. The summed E-state index contributed by atoms with van der Waals surface area (Å²) < 4.78 is 5.85. The largest absolute Gasteiger partial charge is 0.493 e. The molecule has 0 spiro atoms. The molecule has 3 rings (SSSR count). The third-order valence-corrected chi connectivity index (χ3v) is 5.78. The number of nitrogens with zero attached hydrogens (tertiary/aromatic N) is 2. The molecule has 1 aliphatic heterocycles. The molecule has 0 saturated carbocycles. The van der Waals surface area contributed by atoms with E-state index < -0.39 is 0 Å². The predicted molar refractivity (Wildman–Crippen MR) is 123 cm³/mol. The van der Waals surface area contributed by atoms with Gasteiger partial charge in [0.15, 0.2) is 5.17 Å². The summed E-state index contributed by atoms with van der Waals surface area (Å²) >= 11 is 1.43. The lowest BCUT2D eigenvalue weighted by Gasteiger charge is -2.22. The van der Waals surface area contributed by atoms with Crippen LogP contribution in [0.15, 0.2) is 58.4 Å². The van der Waals surface area contributed by atoms with Gasteiger partial charge < -0.3 is 4.74 Å². The Morgan fingerprint density at radius 3 is 2.55 bits per heavy atom. The van der Waals surface area contributed by atoms with E-state index in [2.05, 4.69) is 27.7 Å². The van der Waals surface area contributed by atoms with Gasteiger partial charge in [-0.15, -0.1) is 0 Å². The van der Waals surface area contributed by atoms with Crippen molar-refractivity contribution in [2.75, 3.05) is 6.61 Å². The van der Waals surface area contributed by atoms with Gasteiger partial charge in [0.05, 0.1) is 17.2 Å². The van der Waals surface area contributed by atoms with E-state index in [1.165, 1.54) is 17.3 Å². The molecule has 1 aliphatic rings. The normalized spacial score (nSPS) is 17.9. The number of carbonyl (C=O) groups is 1. The standard InChI is InChI=1S/C24H28N2O2S/c1-5-15-28-21-10-8-7-9-19(21)16-22-23(27)26(18(4)6-2)24(29-22)25-20-13-11-17(3)12-14-20/h7-14,16,18H,5-6,15H2,1-4H3/b22-16+,25-24?/t18-/m1/s1. The maximum atomic E-state index is 13.2. The minimum Gasteiger partial charge on any atom is -0.493 e. The summed E-state index contributed by atoms with van der Waals surface area (Å²) in [6, 6.07) is 16.0. The maximum absolute atomic E-state index is 13.2. The molecule has 0 aromatic heterocycles. The van der Waals surface area contributed by atoms with Gasteiger partial charge in [-0.1, -0.05) is 49.7 Å². The number of para-hydroxylation sites is 1. The number of aryl methyl sites for hydroxylation is 1. The molecule has 1 atom stereocenters. The molecule has 1 saturated heterocycles. The Hall–Kier alpha value is -2.53. The van der Waals surface area contributed by atoms with Crippen molar-refractivity contribution in [2.24, 2.45) is 4.99 Å². The molecule has 0 bridgehead atoms. The topological polar surface area (TPSA) is 41.9 Å². The molecule has 1 amide bonds. The molecule has 0 radical (unpaired) electrons. The Bertz CT molecular complexity index is 919. The number of thioether (sulfide) groups is 1. The van der Waals surface area contributed by atoms with E-state index >= 15 is 0 Å². The number of amides is 1. The first-order valence-electron chi connectivity index (χ1n) is 10.1. The van der Waals surface area contributed by atoms with Crippen molar-refractivity contribution in [3.8, 4) is 5.75 Å². The Morgan fingerprint density at radius 1 is 1.14 bits per heavy atom. The van der Waals surface area contributed by atoms with Crippen LogP contribution in [0.5, 0.6) is 5.75 Å². The maximum Gasteiger partial charge on any atom is 0.267 e. The average Bonchev–Trinajstić information content (AvgIpc) is 3.03. The highest BCUT2D eigenvalue weighted by molar-refractivity contribution is 8.18. The SMILES string of the molecule is CCCOc1ccccc1/C=C1/SC(=Nc2ccc(C)cc2)N([C@H](C)CC)C1=O. The molecule has 0 aliphatic carbocycles. The van der Waals surface area contributed by atoms with E-state index in [9.17, 15) is 4.79 Å². The van der Waals surface area contributed by atoms with E-state index in [1.807, 2.05) is 59.5 Å². The third kappa shape index (κ3) is 5.10. The van der Waals surface area contributed by atoms with Crippen molar-refractivity contribution >= 4 is 34.6 Å². The smallest absolute Gasteiger partial charge is 0.267 e. The van der Waals surface area contributed by atoms with E-state index in [4.69, 9.17) is 9.73 Å². The number of ether oxygens (including phenoxy) is 1. The summed E-state index contributed by atoms with van der Waals surface area (Å²) in [7, 11) is 0. The van der Waals surface area contributed by atoms with Gasteiger partial charge in [-0.05, 0) is 62.7 Å². The lowest BCUT2D eigenvalue weighted by Crippen LogP contribution is -2.36. The van der Waals surface area contributed by atoms with Crippen LogP contribution in [0.1, 0.15) is 44.7 Å². The average molecular weight is 409 g/mol. The minimum atomic E-state index is 0.000469. The van der Waals surface area contributed by atoms with Crippen LogP contribution in [0.4, 0.5) is 5.69 Å². The molecule has 152 valence electrons. The van der Waals surface area contributed by atoms with Crippen molar-refractivity contribution in [1.82, 2.24) is 4.90 Å². The number of hydrogen-bond donors (Lipinski definition) is 0. The Kier molecular flexibility index (Phi) is 7.15. The second kappa shape index (κ2) is 9.79. The van der Waals surface area contributed by atoms with E-state index in [0.717, 1.165) is 35.0 Å². The van der Waals surface area contributed by atoms with Crippen LogP contribution in [0.25, 0.3) is 6.08 Å². The number of benzene rings is 2. The molecule has 1 heterocycles. The van der Waals surface area contributed by atoms with Crippen molar-refractivity contribution in [3.63, 3.8) is 0 Å². The van der Waals surface area contributed by atoms with Gasteiger partial charge >= 0.3 is 0 Å². The molecular weight excluding hydrogens is 380 g/mol. The number of hydrogen-bond acceptors (Lipinski definition) is 4. The van der Waals surface area contributed by atoms with Gasteiger partial charge in [0.25, 0.3) is 5.91 Å². The van der Waals surface area contributed by atoms with Crippen LogP contribution in [0, 0.1) is 6.92 Å². The summed E-state index contributed by atoms with van der Waals surface area (Å²) in [4.78, 5) is 20.5. The molecule has 0 N–H and O–H groups in total. The lowest BCUT2D eigenvalue weighted by molar-refractivity contribution is -0.123. The fourth-order valence-corrected chi connectivity index (χ4v) is 4.03. The van der Waals surface area contributed by atoms with Gasteiger partial charge in [0, 0.05) is 11.6 Å². The zero-order valence-corrected chi connectivity index (χ0v) is 18.3. The minimum absolute atomic E-state index is 0.000469. The number of amidine groups is 1. The second-order valence-electron chi connectivity index (χ2n) is 7.16. The first-order chi connectivity index (χ1) is 14.0. The number of carbonyl (C=O) groups excluding carboxylic acids is 1. The summed E-state index contributed by atoms with van der Waals surface area (Å²) in [6.07, 6.45) is 3.72. The van der Waals surface area contributed by atoms with Gasteiger partial charge in [0.2, 0.25) is 0 Å². The van der Waals surface area contributed by atoms with Crippen molar-refractivity contribution in [2.45, 2.75) is 46.6 Å². The number of rotatable bonds is 7. The van der Waals surface area contributed by atoms with Crippen molar-refractivity contribution in [1.29, 1.82) is 0 Å². The van der Waals surface area contributed by atoms with Gasteiger partial charge in [-0.2, -0.15) is 0 Å². The van der Waals surface area contributed by atoms with Gasteiger partial charge in [0.1, 0.15) is 5.75 Å². The summed E-state index contributed by atoms with van der Waals surface area (Å²) in [5, 5.41) is 0.728. The third-order valence-electron chi connectivity index (χ3n) is 4.79. The van der Waals surface area contributed by atoms with Crippen molar-refractivity contribution in [3.05, 3.63) is 64.6 Å². The fourth-order valence-electron chi connectivity index (χ4n) is 2.95. The quantitative estimate of drug-likeness (QED) is 0.513. The van der Waals surface area contributed by atoms with Crippen LogP contribution in [-0.4, -0.2) is 28.6 Å². The molecular formula is C24H28N2O2S. The molecule has 29 heavy (non-hydrogen) atoms. The second-order valence-corrected chi connectivity index (χ2v) is 8.17. The van der Waals surface area contributed by atoms with Crippen LogP contribution < -0.4 is 4.74 Å². The van der Waals surface area contributed by atoms with Crippen LogP contribution in [0.3, 0.4) is 0 Å². The highest BCUT2D eigenvalue weighted by Crippen LogP contribution is 2.37. The van der Waals surface area contributed by atoms with Crippen LogP contribution in [-0.2, 0) is 4.79 Å². The first-order valence-corrected chi connectivity index (χ1v) is 11.0. The van der Waals surface area contributed by atoms with Gasteiger partial charge in [-0.25, -0.2) is 4.99 Å². The van der Waals surface area contributed by atoms with Gasteiger partial charge in [-0.3, -0.25) is 9.69 Å². The summed E-state index contributed by atoms with van der Waals surface area (Å²) in [5.41, 5.74) is 2.96. The predicted octanol–water partition coefficient (Wildman–Crippen LogP) is 6.19. The molecule has 2 aromatic rings. The zero-order valence-electron chi connectivity index (χ0n) is 17.5. The summed E-state index contributed by atoms with van der Waals surface area (Å²) in [5.74, 6) is 0.801. The van der Waals surface area contributed by atoms with E-state index in [-0.39, 0.29) is 11.9 Å². The Labute approximate surface area is 177 Å². The lowest BCUT2D eigenvalue weighted by atomic mass is 10.1. The molecule has 2 aromatic carbocycles. The molecule has 1 fully saturated rings. The highest BCUT2D eigenvalue weighted by atomic mass is 32.2. The number of aliphatic imine (C=N–C) groups is 1.